The minimum absolute atomic E-state index is 0.0546. The molecule has 4 heteroatoms. The second-order valence-corrected chi connectivity index (χ2v) is 8.67. The Morgan fingerprint density at radius 1 is 0.486 bits per heavy atom. The average molecular weight is 459 g/mol. The molecule has 1 heterocycles. The molecule has 1 aliphatic heterocycles. The Balaban J connectivity index is 1.14. The Bertz CT molecular complexity index is 1220. The summed E-state index contributed by atoms with van der Waals surface area (Å²) in [5.74, 6) is 0.109. The van der Waals surface area contributed by atoms with E-state index in [1.54, 1.807) is 0 Å². The quantitative estimate of drug-likeness (QED) is 0.298. The number of hydrogen-bond acceptors (Lipinski definition) is 4. The van der Waals surface area contributed by atoms with Gasteiger partial charge in [0.25, 0.3) is 0 Å². The van der Waals surface area contributed by atoms with Crippen LogP contribution in [0.3, 0.4) is 0 Å². The third kappa shape index (κ3) is 5.39. The predicted octanol–water partition coefficient (Wildman–Crippen LogP) is 6.13. The van der Waals surface area contributed by atoms with Gasteiger partial charge in [-0.05, 0) is 22.3 Å². The molecule has 0 saturated heterocycles. The highest BCUT2D eigenvalue weighted by molar-refractivity contribution is 5.99. The van der Waals surface area contributed by atoms with E-state index in [0.29, 0.717) is 17.8 Å². The summed E-state index contributed by atoms with van der Waals surface area (Å²) in [7, 11) is 0. The number of rotatable bonds is 8. The fourth-order valence-electron chi connectivity index (χ4n) is 4.23. The summed E-state index contributed by atoms with van der Waals surface area (Å²) in [6.45, 7) is 1.07. The van der Waals surface area contributed by atoms with E-state index in [0.717, 1.165) is 22.3 Å². The third-order valence-corrected chi connectivity index (χ3v) is 6.17. The Morgan fingerprint density at radius 2 is 0.829 bits per heavy atom. The van der Waals surface area contributed by atoms with Gasteiger partial charge in [-0.1, -0.05) is 109 Å². The molecule has 4 aromatic carbocycles. The highest BCUT2D eigenvalue weighted by Crippen LogP contribution is 2.21. The maximum absolute atomic E-state index is 12.8. The first-order valence-electron chi connectivity index (χ1n) is 11.7. The van der Waals surface area contributed by atoms with Crippen molar-refractivity contribution in [3.8, 4) is 22.3 Å². The fourth-order valence-corrected chi connectivity index (χ4v) is 4.23. The van der Waals surface area contributed by atoms with Gasteiger partial charge in [0.05, 0.1) is 19.8 Å². The zero-order valence-corrected chi connectivity index (χ0v) is 19.4. The van der Waals surface area contributed by atoms with Crippen LogP contribution in [0.5, 0.6) is 0 Å². The summed E-state index contributed by atoms with van der Waals surface area (Å²) in [4.78, 5) is 29.4. The van der Waals surface area contributed by atoms with Crippen LogP contribution in [0.15, 0.2) is 122 Å². The highest BCUT2D eigenvalue weighted by atomic mass is 16.1. The van der Waals surface area contributed by atoms with Crippen molar-refractivity contribution in [2.75, 3.05) is 19.8 Å². The Labute approximate surface area is 205 Å². The van der Waals surface area contributed by atoms with Gasteiger partial charge >= 0.3 is 0 Å². The number of carbonyl (C=O) groups is 2. The second-order valence-electron chi connectivity index (χ2n) is 8.67. The lowest BCUT2D eigenvalue weighted by Crippen LogP contribution is -2.32. The zero-order chi connectivity index (χ0) is 24.0. The van der Waals surface area contributed by atoms with Crippen LogP contribution in [0.25, 0.3) is 22.3 Å². The van der Waals surface area contributed by atoms with Crippen LogP contribution in [0.1, 0.15) is 20.7 Å². The predicted molar refractivity (Wildman–Crippen MR) is 140 cm³/mol. The average Bonchev–Trinajstić information content (AvgIpc) is 3.36. The van der Waals surface area contributed by atoms with E-state index in [1.807, 2.05) is 107 Å². The van der Waals surface area contributed by atoms with E-state index in [1.165, 1.54) is 0 Å². The summed E-state index contributed by atoms with van der Waals surface area (Å²) in [6, 6.07) is 35.7. The van der Waals surface area contributed by atoms with Gasteiger partial charge in [0.2, 0.25) is 0 Å². The van der Waals surface area contributed by atoms with Crippen LogP contribution in [-0.2, 0) is 0 Å². The minimum atomic E-state index is 0.0546. The van der Waals surface area contributed by atoms with E-state index in [-0.39, 0.29) is 24.7 Å². The van der Waals surface area contributed by atoms with Gasteiger partial charge in [0, 0.05) is 23.5 Å². The maximum Gasteiger partial charge on any atom is 0.182 e. The molecule has 4 nitrogen and oxygen atoms in total. The molecule has 0 fully saturated rings. The zero-order valence-electron chi connectivity index (χ0n) is 19.4. The van der Waals surface area contributed by atoms with E-state index in [2.05, 4.69) is 24.3 Å². The monoisotopic (exact) mass is 458 g/mol. The van der Waals surface area contributed by atoms with Crippen LogP contribution in [0.4, 0.5) is 0 Å². The van der Waals surface area contributed by atoms with Gasteiger partial charge in [-0.2, -0.15) is 0 Å². The standard InChI is InChI=1S/C31H26N2O2/c34-30(28-15-11-26(12-16-28)24-7-3-1-4-8-24)21-32-19-20-33(23-32)22-31(35)29-17-13-27(14-18-29)25-9-5-2-6-10-25/h1-20H,21-23H2. The van der Waals surface area contributed by atoms with Crippen molar-refractivity contribution in [2.24, 2.45) is 0 Å². The van der Waals surface area contributed by atoms with E-state index < -0.39 is 0 Å². The molecule has 0 bridgehead atoms. The van der Waals surface area contributed by atoms with Gasteiger partial charge in [-0.25, -0.2) is 0 Å². The first kappa shape index (κ1) is 22.4. The second kappa shape index (κ2) is 10.2. The Hall–Kier alpha value is -4.44. The van der Waals surface area contributed by atoms with Gasteiger partial charge in [0.1, 0.15) is 0 Å². The molecule has 0 saturated carbocycles. The molecule has 172 valence electrons. The van der Waals surface area contributed by atoms with Crippen LogP contribution in [0, 0.1) is 0 Å². The third-order valence-electron chi connectivity index (χ3n) is 6.17. The Morgan fingerprint density at radius 3 is 1.20 bits per heavy atom. The molecule has 4 aromatic rings. The number of nitrogens with zero attached hydrogens (tertiary/aromatic N) is 2. The van der Waals surface area contributed by atoms with Crippen LogP contribution < -0.4 is 0 Å². The van der Waals surface area contributed by atoms with Crippen molar-refractivity contribution < 1.29 is 9.59 Å². The summed E-state index contributed by atoms with van der Waals surface area (Å²) in [6.07, 6.45) is 3.75. The van der Waals surface area contributed by atoms with Gasteiger partial charge in [-0.15, -0.1) is 0 Å². The number of benzene rings is 4. The Kier molecular flexibility index (Phi) is 6.53. The van der Waals surface area contributed by atoms with Gasteiger partial charge < -0.3 is 9.80 Å². The SMILES string of the molecule is O=C(CN1C=CN(CC(=O)c2ccc(-c3ccccc3)cc2)C1)c1ccc(-c2ccccc2)cc1. The van der Waals surface area contributed by atoms with E-state index in [4.69, 9.17) is 0 Å². The topological polar surface area (TPSA) is 40.6 Å². The van der Waals surface area contributed by atoms with Crippen molar-refractivity contribution in [1.29, 1.82) is 0 Å². The summed E-state index contributed by atoms with van der Waals surface area (Å²) in [5.41, 5.74) is 5.81. The molecule has 0 unspecified atom stereocenters. The first-order valence-corrected chi connectivity index (χ1v) is 11.7. The molecule has 0 spiro atoms. The summed E-state index contributed by atoms with van der Waals surface area (Å²) >= 11 is 0. The molecule has 0 aromatic heterocycles. The van der Waals surface area contributed by atoms with Crippen molar-refractivity contribution >= 4 is 11.6 Å². The van der Waals surface area contributed by atoms with Crippen LogP contribution in [0.2, 0.25) is 0 Å². The number of hydrogen-bond donors (Lipinski definition) is 0. The molecule has 0 atom stereocenters. The minimum Gasteiger partial charge on any atom is -0.351 e. The fraction of sp³-hybridized carbons (Fsp3) is 0.0968. The van der Waals surface area contributed by atoms with Gasteiger partial charge in [0.15, 0.2) is 11.6 Å². The lowest BCUT2D eigenvalue weighted by atomic mass is 10.0. The molecular weight excluding hydrogens is 432 g/mol. The molecule has 35 heavy (non-hydrogen) atoms. The molecule has 0 N–H and O–H groups in total. The van der Waals surface area contributed by atoms with Crippen molar-refractivity contribution in [3.63, 3.8) is 0 Å². The van der Waals surface area contributed by atoms with Crippen molar-refractivity contribution in [2.45, 2.75) is 0 Å². The molecule has 0 aliphatic carbocycles. The maximum atomic E-state index is 12.8. The normalized spacial score (nSPS) is 12.7. The summed E-state index contributed by atoms with van der Waals surface area (Å²) in [5, 5.41) is 0. The largest absolute Gasteiger partial charge is 0.351 e. The number of ketones is 2. The van der Waals surface area contributed by atoms with Crippen molar-refractivity contribution in [3.05, 3.63) is 133 Å². The van der Waals surface area contributed by atoms with E-state index in [9.17, 15) is 9.59 Å². The summed E-state index contributed by atoms with van der Waals surface area (Å²) < 4.78 is 0. The molecule has 0 radical (unpaired) electrons. The van der Waals surface area contributed by atoms with Crippen LogP contribution in [-0.4, -0.2) is 41.1 Å². The number of Topliss-reactive ketones (excluding diaryl/α,β-unsaturated/α-hetero) is 2. The number of carbonyl (C=O) groups excluding carboxylic acids is 2. The van der Waals surface area contributed by atoms with Gasteiger partial charge in [-0.3, -0.25) is 9.59 Å². The first-order chi connectivity index (χ1) is 17.2. The smallest absolute Gasteiger partial charge is 0.182 e. The van der Waals surface area contributed by atoms with E-state index >= 15 is 0 Å². The highest BCUT2D eigenvalue weighted by Gasteiger charge is 2.19. The lowest BCUT2D eigenvalue weighted by Gasteiger charge is -2.20. The molecule has 5 rings (SSSR count). The molecule has 0 amide bonds. The molecule has 1 aliphatic rings. The molecular formula is C31H26N2O2. The van der Waals surface area contributed by atoms with Crippen molar-refractivity contribution in [1.82, 2.24) is 9.80 Å². The lowest BCUT2D eigenvalue weighted by molar-refractivity contribution is 0.0921. The van der Waals surface area contributed by atoms with Crippen LogP contribution >= 0.6 is 0 Å².